The van der Waals surface area contributed by atoms with E-state index in [4.69, 9.17) is 0 Å². The van der Waals surface area contributed by atoms with Crippen molar-refractivity contribution in [2.45, 2.75) is 13.3 Å². The molecule has 0 spiro atoms. The van der Waals surface area contributed by atoms with Gasteiger partial charge in [-0.3, -0.25) is 4.79 Å². The van der Waals surface area contributed by atoms with Crippen LogP contribution in [0, 0.1) is 0 Å². The highest BCUT2D eigenvalue weighted by molar-refractivity contribution is 5.80. The van der Waals surface area contributed by atoms with Crippen LogP contribution in [0.1, 0.15) is 13.3 Å². The molecule has 0 unspecified atom stereocenters. The standard InChI is InChI=1S/C6H10O4/c1-3-5(7)4-10-6(8)9-2/h3-4H2,1-2H3. The molecule has 0 aromatic carbocycles. The molecule has 0 rings (SSSR count). The average molecular weight is 146 g/mol. The second-order valence-corrected chi connectivity index (χ2v) is 1.64. The average Bonchev–Trinajstić information content (AvgIpc) is 1.99. The molecule has 0 aliphatic carbocycles. The first-order valence-corrected chi connectivity index (χ1v) is 2.93. The third kappa shape index (κ3) is 3.88. The number of Topliss-reactive ketones (excluding diaryl/α,β-unsaturated/α-hetero) is 1. The largest absolute Gasteiger partial charge is 0.508 e. The SMILES string of the molecule is CCC(=O)COC(=O)OC. The van der Waals surface area contributed by atoms with E-state index in [1.165, 1.54) is 7.11 Å². The van der Waals surface area contributed by atoms with E-state index in [1.54, 1.807) is 6.92 Å². The number of hydrogen-bond donors (Lipinski definition) is 0. The zero-order valence-electron chi connectivity index (χ0n) is 6.05. The van der Waals surface area contributed by atoms with Crippen molar-refractivity contribution in [3.63, 3.8) is 0 Å². The molecule has 0 fully saturated rings. The second kappa shape index (κ2) is 4.78. The van der Waals surface area contributed by atoms with Crippen molar-refractivity contribution in [2.24, 2.45) is 0 Å². The van der Waals surface area contributed by atoms with Gasteiger partial charge in [0.1, 0.15) is 0 Å². The lowest BCUT2D eigenvalue weighted by Gasteiger charge is -1.98. The fourth-order valence-corrected chi connectivity index (χ4v) is 0.300. The van der Waals surface area contributed by atoms with Gasteiger partial charge < -0.3 is 9.47 Å². The van der Waals surface area contributed by atoms with E-state index >= 15 is 0 Å². The highest BCUT2D eigenvalue weighted by atomic mass is 16.7. The topological polar surface area (TPSA) is 52.6 Å². The number of methoxy groups -OCH3 is 1. The predicted octanol–water partition coefficient (Wildman–Crippen LogP) is 0.749. The Morgan fingerprint density at radius 3 is 2.40 bits per heavy atom. The maximum atomic E-state index is 10.5. The van der Waals surface area contributed by atoms with Gasteiger partial charge in [-0.05, 0) is 0 Å². The fraction of sp³-hybridized carbons (Fsp3) is 0.667. The summed E-state index contributed by atoms with van der Waals surface area (Å²) < 4.78 is 8.46. The number of rotatable bonds is 3. The summed E-state index contributed by atoms with van der Waals surface area (Å²) in [6, 6.07) is 0. The van der Waals surface area contributed by atoms with Gasteiger partial charge >= 0.3 is 6.16 Å². The molecular weight excluding hydrogens is 136 g/mol. The lowest BCUT2D eigenvalue weighted by atomic mass is 10.3. The van der Waals surface area contributed by atoms with Crippen LogP contribution >= 0.6 is 0 Å². The van der Waals surface area contributed by atoms with E-state index in [-0.39, 0.29) is 12.4 Å². The van der Waals surface area contributed by atoms with Crippen LogP contribution in [0.15, 0.2) is 0 Å². The zero-order chi connectivity index (χ0) is 7.98. The number of hydrogen-bond acceptors (Lipinski definition) is 4. The van der Waals surface area contributed by atoms with Gasteiger partial charge in [0.25, 0.3) is 0 Å². The van der Waals surface area contributed by atoms with Crippen LogP contribution in [-0.2, 0) is 14.3 Å². The van der Waals surface area contributed by atoms with Crippen molar-refractivity contribution in [1.82, 2.24) is 0 Å². The smallest absolute Gasteiger partial charge is 0.438 e. The van der Waals surface area contributed by atoms with Crippen LogP contribution in [0.2, 0.25) is 0 Å². The molecule has 4 heteroatoms. The summed E-state index contributed by atoms with van der Waals surface area (Å²) >= 11 is 0. The number of carbonyl (C=O) groups excluding carboxylic acids is 2. The molecule has 4 nitrogen and oxygen atoms in total. The molecule has 0 aliphatic rings. The van der Waals surface area contributed by atoms with Crippen LogP contribution in [0.3, 0.4) is 0 Å². The van der Waals surface area contributed by atoms with Crippen LogP contribution in [-0.4, -0.2) is 25.7 Å². The predicted molar refractivity (Wildman–Crippen MR) is 33.7 cm³/mol. The molecular formula is C6H10O4. The van der Waals surface area contributed by atoms with E-state index in [9.17, 15) is 9.59 Å². The Kier molecular flexibility index (Phi) is 4.28. The van der Waals surface area contributed by atoms with Crippen molar-refractivity contribution in [3.8, 4) is 0 Å². The van der Waals surface area contributed by atoms with E-state index in [0.717, 1.165) is 0 Å². The summed E-state index contributed by atoms with van der Waals surface area (Å²) in [7, 11) is 1.19. The minimum absolute atomic E-state index is 0.120. The normalized spacial score (nSPS) is 8.60. The van der Waals surface area contributed by atoms with Crippen LogP contribution in [0.25, 0.3) is 0 Å². The lowest BCUT2D eigenvalue weighted by Crippen LogP contribution is -2.12. The Bertz CT molecular complexity index is 114. The summed E-state index contributed by atoms with van der Waals surface area (Å²) in [5, 5.41) is 0. The van der Waals surface area contributed by atoms with Crippen LogP contribution in [0.4, 0.5) is 4.79 Å². The quantitative estimate of drug-likeness (QED) is 0.551. The maximum absolute atomic E-state index is 10.5. The van der Waals surface area contributed by atoms with E-state index in [1.807, 2.05) is 0 Å². The van der Waals surface area contributed by atoms with Crippen molar-refractivity contribution < 1.29 is 19.1 Å². The van der Waals surface area contributed by atoms with E-state index < -0.39 is 6.16 Å². The Balaban J connectivity index is 3.35. The third-order valence-corrected chi connectivity index (χ3v) is 0.912. The summed E-state index contributed by atoms with van der Waals surface area (Å²) in [4.78, 5) is 20.7. The van der Waals surface area contributed by atoms with Gasteiger partial charge in [0.15, 0.2) is 12.4 Å². The first-order chi connectivity index (χ1) is 4.70. The van der Waals surface area contributed by atoms with Gasteiger partial charge in [0.2, 0.25) is 0 Å². The molecule has 0 heterocycles. The van der Waals surface area contributed by atoms with Crippen molar-refractivity contribution in [2.75, 3.05) is 13.7 Å². The molecule has 0 amide bonds. The van der Waals surface area contributed by atoms with Crippen molar-refractivity contribution in [3.05, 3.63) is 0 Å². The Morgan fingerprint density at radius 2 is 2.00 bits per heavy atom. The molecule has 0 aromatic rings. The monoisotopic (exact) mass is 146 g/mol. The first kappa shape index (κ1) is 8.94. The Labute approximate surface area is 59.1 Å². The third-order valence-electron chi connectivity index (χ3n) is 0.912. The number of ether oxygens (including phenoxy) is 2. The van der Waals surface area contributed by atoms with Crippen LogP contribution < -0.4 is 0 Å². The van der Waals surface area contributed by atoms with Crippen molar-refractivity contribution >= 4 is 11.9 Å². The molecule has 0 saturated heterocycles. The highest BCUT2D eigenvalue weighted by Gasteiger charge is 2.03. The summed E-state index contributed by atoms with van der Waals surface area (Å²) in [6.07, 6.45) is -0.446. The fourth-order valence-electron chi connectivity index (χ4n) is 0.300. The molecule has 0 aliphatic heterocycles. The molecule has 58 valence electrons. The molecule has 0 radical (unpaired) electrons. The molecule has 0 N–H and O–H groups in total. The molecule has 10 heavy (non-hydrogen) atoms. The van der Waals surface area contributed by atoms with Gasteiger partial charge in [0, 0.05) is 6.42 Å². The summed E-state index contributed by atoms with van der Waals surface area (Å²) in [5.74, 6) is -0.120. The molecule has 0 aromatic heterocycles. The minimum atomic E-state index is -0.818. The Morgan fingerprint density at radius 1 is 1.40 bits per heavy atom. The van der Waals surface area contributed by atoms with Gasteiger partial charge in [-0.25, -0.2) is 4.79 Å². The first-order valence-electron chi connectivity index (χ1n) is 2.93. The summed E-state index contributed by atoms with van der Waals surface area (Å²) in [5.41, 5.74) is 0. The zero-order valence-corrected chi connectivity index (χ0v) is 6.05. The highest BCUT2D eigenvalue weighted by Crippen LogP contribution is 1.85. The minimum Gasteiger partial charge on any atom is -0.438 e. The maximum Gasteiger partial charge on any atom is 0.508 e. The van der Waals surface area contributed by atoms with Gasteiger partial charge in [0.05, 0.1) is 7.11 Å². The molecule has 0 saturated carbocycles. The van der Waals surface area contributed by atoms with Gasteiger partial charge in [-0.15, -0.1) is 0 Å². The Hall–Kier alpha value is -1.06. The van der Waals surface area contributed by atoms with Gasteiger partial charge in [-0.1, -0.05) is 6.92 Å². The van der Waals surface area contributed by atoms with Crippen molar-refractivity contribution in [1.29, 1.82) is 0 Å². The number of ketones is 1. The van der Waals surface area contributed by atoms with Crippen LogP contribution in [0.5, 0.6) is 0 Å². The second-order valence-electron chi connectivity index (χ2n) is 1.64. The number of carbonyl (C=O) groups is 2. The van der Waals surface area contributed by atoms with Gasteiger partial charge in [-0.2, -0.15) is 0 Å². The molecule has 0 bridgehead atoms. The van der Waals surface area contributed by atoms with E-state index in [2.05, 4.69) is 9.47 Å². The molecule has 0 atom stereocenters. The van der Waals surface area contributed by atoms with E-state index in [0.29, 0.717) is 6.42 Å². The summed E-state index contributed by atoms with van der Waals surface area (Å²) in [6.45, 7) is 1.51. The lowest BCUT2D eigenvalue weighted by molar-refractivity contribution is -0.122.